The van der Waals surface area contributed by atoms with Crippen molar-refractivity contribution in [1.82, 2.24) is 0 Å². The lowest BCUT2D eigenvalue weighted by Crippen LogP contribution is -1.72. The highest BCUT2D eigenvalue weighted by Gasteiger charge is 1.86. The predicted molar refractivity (Wildman–Crippen MR) is 49.3 cm³/mol. The van der Waals surface area contributed by atoms with Gasteiger partial charge in [-0.1, -0.05) is 42.5 Å². The summed E-state index contributed by atoms with van der Waals surface area (Å²) in [4.78, 5) is 0. The molecule has 1 rings (SSSR count). The maximum absolute atomic E-state index is 7.00. The molecule has 0 aliphatic heterocycles. The Morgan fingerprint density at radius 2 is 1.64 bits per heavy atom. The summed E-state index contributed by atoms with van der Waals surface area (Å²) in [7, 11) is 1.00. The monoisotopic (exact) mass is 150 g/mol. The summed E-state index contributed by atoms with van der Waals surface area (Å²) in [5, 5.41) is 7.00. The van der Waals surface area contributed by atoms with E-state index in [1.54, 1.807) is 0 Å². The van der Waals surface area contributed by atoms with Crippen LogP contribution < -0.4 is 0 Å². The Balaban J connectivity index is 0.000000461. The van der Waals surface area contributed by atoms with E-state index < -0.39 is 0 Å². The summed E-state index contributed by atoms with van der Waals surface area (Å²) in [6.07, 6.45) is 0. The van der Waals surface area contributed by atoms with Crippen LogP contribution in [0.4, 0.5) is 0 Å². The van der Waals surface area contributed by atoms with Gasteiger partial charge in [0.2, 0.25) is 0 Å². The minimum Gasteiger partial charge on any atom is -0.400 e. The molecule has 0 aliphatic carbocycles. The number of benzene rings is 1. The molecule has 0 spiro atoms. The van der Waals surface area contributed by atoms with Gasteiger partial charge in [-0.2, -0.15) is 0 Å². The SMILES string of the molecule is C=C(C)c1ccccc1.CO. The molecule has 0 heterocycles. The van der Waals surface area contributed by atoms with Gasteiger partial charge in [-0.3, -0.25) is 0 Å². The lowest BCUT2D eigenvalue weighted by Gasteiger charge is -1.94. The molecule has 60 valence electrons. The average Bonchev–Trinajstić information content (AvgIpc) is 2.10. The van der Waals surface area contributed by atoms with Crippen LogP contribution in [0.2, 0.25) is 0 Å². The van der Waals surface area contributed by atoms with Crippen molar-refractivity contribution in [3.63, 3.8) is 0 Å². The highest BCUT2D eigenvalue weighted by Crippen LogP contribution is 2.08. The van der Waals surface area contributed by atoms with E-state index >= 15 is 0 Å². The van der Waals surface area contributed by atoms with E-state index in [-0.39, 0.29) is 0 Å². The van der Waals surface area contributed by atoms with Crippen molar-refractivity contribution < 1.29 is 5.11 Å². The van der Waals surface area contributed by atoms with E-state index in [1.165, 1.54) is 5.56 Å². The summed E-state index contributed by atoms with van der Waals surface area (Å²) in [5.74, 6) is 0. The van der Waals surface area contributed by atoms with Gasteiger partial charge in [0.25, 0.3) is 0 Å². The molecule has 0 amide bonds. The average molecular weight is 150 g/mol. The van der Waals surface area contributed by atoms with Gasteiger partial charge < -0.3 is 5.11 Å². The topological polar surface area (TPSA) is 20.2 Å². The molecular weight excluding hydrogens is 136 g/mol. The summed E-state index contributed by atoms with van der Waals surface area (Å²) in [6.45, 7) is 5.83. The third kappa shape index (κ3) is 3.58. The Morgan fingerprint density at radius 3 is 1.91 bits per heavy atom. The second kappa shape index (κ2) is 5.69. The van der Waals surface area contributed by atoms with Crippen LogP contribution in [0, 0.1) is 0 Å². The normalized spacial score (nSPS) is 7.91. The highest BCUT2D eigenvalue weighted by molar-refractivity contribution is 5.60. The fourth-order valence-corrected chi connectivity index (χ4v) is 0.723. The van der Waals surface area contributed by atoms with E-state index in [0.29, 0.717) is 0 Å². The third-order valence-electron chi connectivity index (χ3n) is 1.27. The van der Waals surface area contributed by atoms with Crippen molar-refractivity contribution in [2.45, 2.75) is 6.92 Å². The second-order valence-corrected chi connectivity index (χ2v) is 2.15. The molecule has 1 nitrogen and oxygen atoms in total. The molecule has 0 unspecified atom stereocenters. The first-order valence-corrected chi connectivity index (χ1v) is 3.46. The molecular formula is C10H14O. The number of aliphatic hydroxyl groups is 1. The van der Waals surface area contributed by atoms with Gasteiger partial charge in [0, 0.05) is 7.11 Å². The Hall–Kier alpha value is -1.08. The van der Waals surface area contributed by atoms with Gasteiger partial charge in [-0.15, -0.1) is 0 Å². The molecule has 0 aromatic heterocycles. The van der Waals surface area contributed by atoms with Gasteiger partial charge >= 0.3 is 0 Å². The van der Waals surface area contributed by atoms with Crippen molar-refractivity contribution in [1.29, 1.82) is 0 Å². The molecule has 1 heteroatoms. The molecule has 1 aromatic rings. The molecule has 0 saturated carbocycles. The smallest absolute Gasteiger partial charge is 0.0319 e. The highest BCUT2D eigenvalue weighted by atomic mass is 16.2. The molecule has 0 fully saturated rings. The Labute approximate surface area is 68.0 Å². The molecule has 0 radical (unpaired) electrons. The van der Waals surface area contributed by atoms with Crippen molar-refractivity contribution in [2.75, 3.05) is 7.11 Å². The first-order chi connectivity index (χ1) is 5.30. The summed E-state index contributed by atoms with van der Waals surface area (Å²) < 4.78 is 0. The maximum atomic E-state index is 7.00. The maximum Gasteiger partial charge on any atom is 0.0319 e. The minimum absolute atomic E-state index is 1.00. The van der Waals surface area contributed by atoms with E-state index in [9.17, 15) is 0 Å². The summed E-state index contributed by atoms with van der Waals surface area (Å²) >= 11 is 0. The van der Waals surface area contributed by atoms with Crippen LogP contribution in [0.25, 0.3) is 5.57 Å². The molecule has 0 atom stereocenters. The molecule has 1 aromatic carbocycles. The van der Waals surface area contributed by atoms with Crippen LogP contribution in [-0.2, 0) is 0 Å². The number of rotatable bonds is 1. The van der Waals surface area contributed by atoms with Crippen LogP contribution in [-0.4, -0.2) is 12.2 Å². The molecule has 0 saturated heterocycles. The Kier molecular flexibility index (Phi) is 5.13. The molecule has 11 heavy (non-hydrogen) atoms. The van der Waals surface area contributed by atoms with Gasteiger partial charge in [-0.25, -0.2) is 0 Å². The number of hydrogen-bond acceptors (Lipinski definition) is 1. The first-order valence-electron chi connectivity index (χ1n) is 3.46. The van der Waals surface area contributed by atoms with Gasteiger partial charge in [0.15, 0.2) is 0 Å². The third-order valence-corrected chi connectivity index (χ3v) is 1.27. The number of allylic oxidation sites excluding steroid dienone is 1. The van der Waals surface area contributed by atoms with Crippen LogP contribution in [0.1, 0.15) is 12.5 Å². The minimum atomic E-state index is 1.00. The van der Waals surface area contributed by atoms with Crippen molar-refractivity contribution in [2.24, 2.45) is 0 Å². The van der Waals surface area contributed by atoms with Gasteiger partial charge in [0.1, 0.15) is 0 Å². The fourth-order valence-electron chi connectivity index (χ4n) is 0.723. The number of aliphatic hydroxyl groups excluding tert-OH is 1. The van der Waals surface area contributed by atoms with E-state index in [1.807, 2.05) is 25.1 Å². The lowest BCUT2D eigenvalue weighted by molar-refractivity contribution is 0.399. The fraction of sp³-hybridized carbons (Fsp3) is 0.200. The standard InChI is InChI=1S/C9H10.CH4O/c1-8(2)9-6-4-3-5-7-9;1-2/h3-7H,1H2,2H3;2H,1H3. The number of hydrogen-bond donors (Lipinski definition) is 1. The quantitative estimate of drug-likeness (QED) is 0.651. The Morgan fingerprint density at radius 1 is 1.18 bits per heavy atom. The van der Waals surface area contributed by atoms with E-state index in [4.69, 9.17) is 5.11 Å². The second-order valence-electron chi connectivity index (χ2n) is 2.15. The van der Waals surface area contributed by atoms with Gasteiger partial charge in [0.05, 0.1) is 0 Å². The van der Waals surface area contributed by atoms with Crippen LogP contribution in [0.3, 0.4) is 0 Å². The summed E-state index contributed by atoms with van der Waals surface area (Å²) in [5.41, 5.74) is 2.34. The largest absolute Gasteiger partial charge is 0.400 e. The zero-order valence-corrected chi connectivity index (χ0v) is 7.04. The van der Waals surface area contributed by atoms with Crippen LogP contribution in [0.5, 0.6) is 0 Å². The Bertz CT molecular complexity index is 201. The molecule has 0 aliphatic rings. The van der Waals surface area contributed by atoms with Crippen LogP contribution in [0.15, 0.2) is 36.9 Å². The first kappa shape index (κ1) is 9.92. The van der Waals surface area contributed by atoms with Crippen molar-refractivity contribution in [3.05, 3.63) is 42.5 Å². The predicted octanol–water partition coefficient (Wildman–Crippen LogP) is 2.33. The zero-order valence-electron chi connectivity index (χ0n) is 7.04. The van der Waals surface area contributed by atoms with Crippen LogP contribution >= 0.6 is 0 Å². The van der Waals surface area contributed by atoms with Gasteiger partial charge in [-0.05, 0) is 12.5 Å². The van der Waals surface area contributed by atoms with E-state index in [2.05, 4.69) is 18.7 Å². The zero-order chi connectivity index (χ0) is 8.69. The lowest BCUT2D eigenvalue weighted by atomic mass is 10.1. The van der Waals surface area contributed by atoms with E-state index in [0.717, 1.165) is 12.7 Å². The van der Waals surface area contributed by atoms with Crippen molar-refractivity contribution >= 4 is 5.57 Å². The summed E-state index contributed by atoms with van der Waals surface area (Å²) in [6, 6.07) is 10.2. The van der Waals surface area contributed by atoms with Crippen molar-refractivity contribution in [3.8, 4) is 0 Å². The molecule has 1 N–H and O–H groups in total. The molecule has 0 bridgehead atoms.